The lowest BCUT2D eigenvalue weighted by atomic mass is 10.1. The molecule has 0 atom stereocenters. The standard InChI is InChI=1S/C18H19N3O3/c1-20-11-19-13-10-12(8-9-14(13)20)21(2)18(22)17-15(23-3)6-5-7-16(17)24-4/h5-11H,1-4H3. The largest absolute Gasteiger partial charge is 0.496 e. The number of nitrogens with zero attached hydrogens (tertiary/aromatic N) is 3. The van der Waals surface area contributed by atoms with Gasteiger partial charge < -0.3 is 18.9 Å². The first-order valence-corrected chi connectivity index (χ1v) is 7.47. The molecule has 3 rings (SSSR count). The van der Waals surface area contributed by atoms with Crippen molar-refractivity contribution in [1.82, 2.24) is 9.55 Å². The molecule has 0 saturated heterocycles. The zero-order valence-electron chi connectivity index (χ0n) is 14.1. The van der Waals surface area contributed by atoms with E-state index in [4.69, 9.17) is 9.47 Å². The van der Waals surface area contributed by atoms with E-state index >= 15 is 0 Å². The van der Waals surface area contributed by atoms with Gasteiger partial charge in [0, 0.05) is 19.8 Å². The van der Waals surface area contributed by atoms with E-state index < -0.39 is 0 Å². The number of aryl methyl sites for hydroxylation is 1. The molecule has 0 N–H and O–H groups in total. The van der Waals surface area contributed by atoms with Crippen molar-refractivity contribution >= 4 is 22.6 Å². The highest BCUT2D eigenvalue weighted by Crippen LogP contribution is 2.31. The summed E-state index contributed by atoms with van der Waals surface area (Å²) in [5.74, 6) is 0.745. The van der Waals surface area contributed by atoms with E-state index in [9.17, 15) is 4.79 Å². The van der Waals surface area contributed by atoms with Gasteiger partial charge in [-0.3, -0.25) is 4.79 Å². The fourth-order valence-corrected chi connectivity index (χ4v) is 2.68. The molecule has 0 aliphatic carbocycles. The topological polar surface area (TPSA) is 56.6 Å². The number of rotatable bonds is 4. The molecule has 1 aromatic heterocycles. The summed E-state index contributed by atoms with van der Waals surface area (Å²) in [6, 6.07) is 11.0. The normalized spacial score (nSPS) is 10.7. The van der Waals surface area contributed by atoms with Gasteiger partial charge in [-0.05, 0) is 30.3 Å². The van der Waals surface area contributed by atoms with E-state index in [0.717, 1.165) is 16.7 Å². The fourth-order valence-electron chi connectivity index (χ4n) is 2.68. The molecule has 0 aliphatic rings. The van der Waals surface area contributed by atoms with E-state index in [1.54, 1.807) is 36.5 Å². The summed E-state index contributed by atoms with van der Waals surface area (Å²) in [6.07, 6.45) is 1.75. The van der Waals surface area contributed by atoms with Crippen LogP contribution in [0.5, 0.6) is 11.5 Å². The third-order valence-corrected chi connectivity index (χ3v) is 4.04. The smallest absolute Gasteiger partial charge is 0.265 e. The van der Waals surface area contributed by atoms with Crippen molar-refractivity contribution < 1.29 is 14.3 Å². The number of ether oxygens (including phenoxy) is 2. The van der Waals surface area contributed by atoms with Crippen LogP contribution in [0.1, 0.15) is 10.4 Å². The Balaban J connectivity index is 2.02. The van der Waals surface area contributed by atoms with Crippen LogP contribution in [0.2, 0.25) is 0 Å². The number of benzene rings is 2. The van der Waals surface area contributed by atoms with Gasteiger partial charge in [-0.25, -0.2) is 4.98 Å². The molecule has 124 valence electrons. The lowest BCUT2D eigenvalue weighted by Crippen LogP contribution is -2.27. The number of imidazole rings is 1. The Morgan fingerprint density at radius 1 is 1.12 bits per heavy atom. The van der Waals surface area contributed by atoms with Gasteiger partial charge >= 0.3 is 0 Å². The van der Waals surface area contributed by atoms with Crippen molar-refractivity contribution in [2.45, 2.75) is 0 Å². The van der Waals surface area contributed by atoms with Crippen molar-refractivity contribution in [3.8, 4) is 11.5 Å². The molecule has 0 bridgehead atoms. The first-order valence-electron chi connectivity index (χ1n) is 7.47. The minimum absolute atomic E-state index is 0.209. The first kappa shape index (κ1) is 15.9. The van der Waals surface area contributed by atoms with Crippen LogP contribution < -0.4 is 14.4 Å². The predicted molar refractivity (Wildman–Crippen MR) is 93.0 cm³/mol. The van der Waals surface area contributed by atoms with Crippen LogP contribution in [0.4, 0.5) is 5.69 Å². The van der Waals surface area contributed by atoms with Crippen LogP contribution >= 0.6 is 0 Å². The lowest BCUT2D eigenvalue weighted by Gasteiger charge is -2.20. The number of aromatic nitrogens is 2. The quantitative estimate of drug-likeness (QED) is 0.740. The Hall–Kier alpha value is -3.02. The molecule has 0 radical (unpaired) electrons. The van der Waals surface area contributed by atoms with Crippen molar-refractivity contribution in [2.75, 3.05) is 26.2 Å². The molecular weight excluding hydrogens is 306 g/mol. The number of hydrogen-bond acceptors (Lipinski definition) is 4. The van der Waals surface area contributed by atoms with Crippen LogP contribution in [0.25, 0.3) is 11.0 Å². The number of carbonyl (C=O) groups is 1. The van der Waals surface area contributed by atoms with Crippen molar-refractivity contribution in [2.24, 2.45) is 7.05 Å². The highest BCUT2D eigenvalue weighted by Gasteiger charge is 2.22. The molecule has 0 spiro atoms. The van der Waals surface area contributed by atoms with Crippen LogP contribution in [0, 0.1) is 0 Å². The predicted octanol–water partition coefficient (Wildman–Crippen LogP) is 2.87. The molecule has 1 heterocycles. The van der Waals surface area contributed by atoms with Crippen molar-refractivity contribution in [1.29, 1.82) is 0 Å². The van der Waals surface area contributed by atoms with E-state index in [1.165, 1.54) is 14.2 Å². The monoisotopic (exact) mass is 325 g/mol. The van der Waals surface area contributed by atoms with Gasteiger partial charge in [-0.1, -0.05) is 6.07 Å². The molecule has 1 amide bonds. The zero-order chi connectivity index (χ0) is 17.3. The summed E-state index contributed by atoms with van der Waals surface area (Å²) in [6.45, 7) is 0. The van der Waals surface area contributed by atoms with Gasteiger partial charge in [0.05, 0.1) is 31.6 Å². The maximum Gasteiger partial charge on any atom is 0.265 e. The number of carbonyl (C=O) groups excluding carboxylic acids is 1. The fraction of sp³-hybridized carbons (Fsp3) is 0.222. The maximum atomic E-state index is 13.0. The molecule has 6 heteroatoms. The Bertz CT molecular complexity index is 879. The average molecular weight is 325 g/mol. The highest BCUT2D eigenvalue weighted by molar-refractivity contribution is 6.10. The maximum absolute atomic E-state index is 13.0. The van der Waals surface area contributed by atoms with Gasteiger partial charge in [0.2, 0.25) is 0 Å². The zero-order valence-corrected chi connectivity index (χ0v) is 14.1. The second kappa shape index (κ2) is 6.23. The SMILES string of the molecule is COc1cccc(OC)c1C(=O)N(C)c1ccc2c(c1)ncn2C. The molecule has 6 nitrogen and oxygen atoms in total. The summed E-state index contributed by atoms with van der Waals surface area (Å²) >= 11 is 0. The summed E-state index contributed by atoms with van der Waals surface area (Å²) in [7, 11) is 6.72. The van der Waals surface area contributed by atoms with Crippen molar-refractivity contribution in [3.05, 3.63) is 48.3 Å². The lowest BCUT2D eigenvalue weighted by molar-refractivity contribution is 0.0987. The third kappa shape index (κ3) is 2.56. The van der Waals surface area contributed by atoms with Crippen LogP contribution in [-0.2, 0) is 7.05 Å². The third-order valence-electron chi connectivity index (χ3n) is 4.04. The second-order valence-electron chi connectivity index (χ2n) is 5.43. The van der Waals surface area contributed by atoms with Crippen LogP contribution in [0.3, 0.4) is 0 Å². The molecule has 3 aromatic rings. The van der Waals surface area contributed by atoms with Gasteiger partial charge in [-0.15, -0.1) is 0 Å². The number of methoxy groups -OCH3 is 2. The van der Waals surface area contributed by atoms with Gasteiger partial charge in [-0.2, -0.15) is 0 Å². The van der Waals surface area contributed by atoms with Gasteiger partial charge in [0.1, 0.15) is 17.1 Å². The summed E-state index contributed by atoms with van der Waals surface area (Å²) < 4.78 is 12.6. The Labute approximate surface area is 140 Å². The van der Waals surface area contributed by atoms with E-state index in [-0.39, 0.29) is 5.91 Å². The molecule has 0 fully saturated rings. The van der Waals surface area contributed by atoms with E-state index in [1.807, 2.05) is 29.8 Å². The minimum atomic E-state index is -0.209. The van der Waals surface area contributed by atoms with Crippen molar-refractivity contribution in [3.63, 3.8) is 0 Å². The minimum Gasteiger partial charge on any atom is -0.496 e. The molecular formula is C18H19N3O3. The molecule has 2 aromatic carbocycles. The van der Waals surface area contributed by atoms with Gasteiger partial charge in [0.15, 0.2) is 0 Å². The number of hydrogen-bond donors (Lipinski definition) is 0. The second-order valence-corrected chi connectivity index (χ2v) is 5.43. The summed E-state index contributed by atoms with van der Waals surface area (Å²) in [5.41, 5.74) is 2.99. The first-order chi connectivity index (χ1) is 11.6. The van der Waals surface area contributed by atoms with Crippen LogP contribution in [0.15, 0.2) is 42.7 Å². The Kier molecular flexibility index (Phi) is 4.12. The van der Waals surface area contributed by atoms with E-state index in [0.29, 0.717) is 17.1 Å². The molecule has 0 unspecified atom stereocenters. The van der Waals surface area contributed by atoms with Crippen LogP contribution in [-0.4, -0.2) is 36.7 Å². The molecule has 0 saturated carbocycles. The average Bonchev–Trinajstić information content (AvgIpc) is 3.00. The summed E-state index contributed by atoms with van der Waals surface area (Å²) in [5, 5.41) is 0. The summed E-state index contributed by atoms with van der Waals surface area (Å²) in [4.78, 5) is 18.9. The Morgan fingerprint density at radius 3 is 2.42 bits per heavy atom. The van der Waals surface area contributed by atoms with Gasteiger partial charge in [0.25, 0.3) is 5.91 Å². The highest BCUT2D eigenvalue weighted by atomic mass is 16.5. The molecule has 0 aliphatic heterocycles. The number of anilines is 1. The van der Waals surface area contributed by atoms with E-state index in [2.05, 4.69) is 4.98 Å². The number of amides is 1. The molecule has 24 heavy (non-hydrogen) atoms. The Morgan fingerprint density at radius 2 is 1.79 bits per heavy atom. The number of fused-ring (bicyclic) bond motifs is 1.